The Kier molecular flexibility index (Phi) is 4.91. The van der Waals surface area contributed by atoms with Gasteiger partial charge in [-0.3, -0.25) is 0 Å². The van der Waals surface area contributed by atoms with Crippen LogP contribution in [0.1, 0.15) is 37.8 Å². The quantitative estimate of drug-likeness (QED) is 0.670. The predicted molar refractivity (Wildman–Crippen MR) is 127 cm³/mol. The standard InChI is InChI=1S/C28H32N2O4/c1-3-33-25(31)29-17-21-22-18-30(26(32)34-4-2)24-16-27(22,19-11-7-5-8-12-19)23(29)15-28(21,24)20-13-9-6-10-14-20/h5-14,21-24H,3-4,15-18H2,1-2H3. The van der Waals surface area contributed by atoms with E-state index >= 15 is 0 Å². The molecule has 2 aromatic rings. The first-order valence-corrected chi connectivity index (χ1v) is 12.6. The second-order valence-corrected chi connectivity index (χ2v) is 10.2. The van der Waals surface area contributed by atoms with E-state index < -0.39 is 0 Å². The molecule has 9 rings (SSSR count). The molecule has 6 unspecified atom stereocenters. The van der Waals surface area contributed by atoms with E-state index in [0.717, 1.165) is 12.8 Å². The van der Waals surface area contributed by atoms with Gasteiger partial charge in [0.25, 0.3) is 0 Å². The number of hydrogen-bond donors (Lipinski definition) is 0. The van der Waals surface area contributed by atoms with Crippen molar-refractivity contribution in [1.82, 2.24) is 9.80 Å². The van der Waals surface area contributed by atoms with Gasteiger partial charge in [-0.2, -0.15) is 0 Å². The highest BCUT2D eigenvalue weighted by molar-refractivity contribution is 5.72. The summed E-state index contributed by atoms with van der Waals surface area (Å²) in [5.41, 5.74) is 2.17. The Morgan fingerprint density at radius 2 is 1.12 bits per heavy atom. The number of rotatable bonds is 4. The van der Waals surface area contributed by atoms with Crippen LogP contribution in [0.15, 0.2) is 60.7 Å². The summed E-state index contributed by atoms with van der Waals surface area (Å²) in [5.74, 6) is 0.489. The lowest BCUT2D eigenvalue weighted by Gasteiger charge is -2.78. The highest BCUT2D eigenvalue weighted by atomic mass is 16.6. The number of ether oxygens (including phenoxy) is 2. The number of benzene rings is 2. The minimum absolute atomic E-state index is 0.0322. The third-order valence-corrected chi connectivity index (χ3v) is 9.23. The lowest BCUT2D eigenvalue weighted by atomic mass is 9.34. The van der Waals surface area contributed by atoms with E-state index in [-0.39, 0.29) is 46.9 Å². The molecular weight excluding hydrogens is 428 g/mol. The average molecular weight is 461 g/mol. The molecule has 6 nitrogen and oxygen atoms in total. The fourth-order valence-corrected chi connectivity index (χ4v) is 8.19. The highest BCUT2D eigenvalue weighted by Crippen LogP contribution is 2.71. The molecule has 4 saturated heterocycles. The molecule has 6 bridgehead atoms. The molecule has 7 fully saturated rings. The number of carbonyl (C=O) groups is 2. The molecule has 3 saturated carbocycles. The van der Waals surface area contributed by atoms with Gasteiger partial charge in [0, 0.05) is 36.0 Å². The van der Waals surface area contributed by atoms with Gasteiger partial charge in [0.15, 0.2) is 0 Å². The van der Waals surface area contributed by atoms with Crippen molar-refractivity contribution in [2.45, 2.75) is 49.6 Å². The van der Waals surface area contributed by atoms with E-state index in [2.05, 4.69) is 48.5 Å². The predicted octanol–water partition coefficient (Wildman–Crippen LogP) is 4.58. The summed E-state index contributed by atoms with van der Waals surface area (Å²) in [6.07, 6.45) is 1.23. The number of carbonyl (C=O) groups excluding carboxylic acids is 2. The molecule has 0 aromatic heterocycles. The fourth-order valence-electron chi connectivity index (χ4n) is 8.19. The van der Waals surface area contributed by atoms with Gasteiger partial charge in [-0.25, -0.2) is 9.59 Å². The summed E-state index contributed by atoms with van der Waals surface area (Å²) < 4.78 is 11.1. The van der Waals surface area contributed by atoms with Gasteiger partial charge in [0.2, 0.25) is 0 Å². The molecule has 4 aliphatic heterocycles. The van der Waals surface area contributed by atoms with Gasteiger partial charge in [-0.15, -0.1) is 0 Å². The maximum atomic E-state index is 13.2. The van der Waals surface area contributed by atoms with Crippen molar-refractivity contribution in [2.75, 3.05) is 26.3 Å². The molecule has 34 heavy (non-hydrogen) atoms. The van der Waals surface area contributed by atoms with Crippen LogP contribution in [0.3, 0.4) is 0 Å². The second-order valence-electron chi connectivity index (χ2n) is 10.2. The SMILES string of the molecule is CCOC(=O)N1CC2C3CN(C(=O)OCC)C4CC3(c3ccccc3)C1CC24c1ccccc1. The maximum Gasteiger partial charge on any atom is 0.410 e. The molecule has 0 radical (unpaired) electrons. The van der Waals surface area contributed by atoms with Crippen molar-refractivity contribution in [1.29, 1.82) is 0 Å². The Morgan fingerprint density at radius 1 is 0.735 bits per heavy atom. The summed E-state index contributed by atoms with van der Waals surface area (Å²) >= 11 is 0. The van der Waals surface area contributed by atoms with Gasteiger partial charge < -0.3 is 19.3 Å². The number of hydrogen-bond acceptors (Lipinski definition) is 4. The summed E-state index contributed by atoms with van der Waals surface area (Å²) in [7, 11) is 0. The van der Waals surface area contributed by atoms with E-state index in [9.17, 15) is 9.59 Å². The van der Waals surface area contributed by atoms with Gasteiger partial charge in [-0.1, -0.05) is 60.7 Å². The lowest BCUT2D eigenvalue weighted by molar-refractivity contribution is -0.219. The fraction of sp³-hybridized carbons (Fsp3) is 0.500. The topological polar surface area (TPSA) is 59.1 Å². The first-order chi connectivity index (χ1) is 16.6. The van der Waals surface area contributed by atoms with Gasteiger partial charge in [0.1, 0.15) is 0 Å². The third-order valence-electron chi connectivity index (χ3n) is 9.23. The summed E-state index contributed by atoms with van der Waals surface area (Å²) in [6.45, 7) is 5.82. The highest BCUT2D eigenvalue weighted by Gasteiger charge is 2.77. The van der Waals surface area contributed by atoms with Crippen LogP contribution in [0.5, 0.6) is 0 Å². The van der Waals surface area contributed by atoms with Crippen molar-refractivity contribution in [3.63, 3.8) is 0 Å². The van der Waals surface area contributed by atoms with Gasteiger partial charge >= 0.3 is 12.2 Å². The van der Waals surface area contributed by atoms with Crippen molar-refractivity contribution in [3.8, 4) is 0 Å². The van der Waals surface area contributed by atoms with Crippen LogP contribution in [0, 0.1) is 11.8 Å². The summed E-state index contributed by atoms with van der Waals surface area (Å²) in [5, 5.41) is 0. The molecule has 0 spiro atoms. The van der Waals surface area contributed by atoms with E-state index in [1.165, 1.54) is 11.1 Å². The van der Waals surface area contributed by atoms with E-state index in [1.807, 2.05) is 35.8 Å². The van der Waals surface area contributed by atoms with Crippen molar-refractivity contribution < 1.29 is 19.1 Å². The van der Waals surface area contributed by atoms with Crippen molar-refractivity contribution in [2.24, 2.45) is 11.8 Å². The zero-order chi connectivity index (χ0) is 23.5. The lowest BCUT2D eigenvalue weighted by Crippen LogP contribution is -2.86. The van der Waals surface area contributed by atoms with E-state index in [0.29, 0.717) is 26.3 Å². The van der Waals surface area contributed by atoms with Gasteiger partial charge in [-0.05, 0) is 49.7 Å². The first kappa shape index (κ1) is 21.5. The molecule has 4 heterocycles. The van der Waals surface area contributed by atoms with Crippen LogP contribution in [-0.4, -0.2) is 60.4 Å². The number of fused-ring (bicyclic) bond motifs is 2. The molecular formula is C28H32N2O4. The molecule has 178 valence electrons. The van der Waals surface area contributed by atoms with Crippen LogP contribution >= 0.6 is 0 Å². The zero-order valence-corrected chi connectivity index (χ0v) is 19.9. The zero-order valence-electron chi connectivity index (χ0n) is 19.9. The Bertz CT molecular complexity index is 1000. The molecule has 0 N–H and O–H groups in total. The largest absolute Gasteiger partial charge is 0.450 e. The van der Waals surface area contributed by atoms with Crippen LogP contribution in [0.4, 0.5) is 9.59 Å². The minimum atomic E-state index is -0.209. The van der Waals surface area contributed by atoms with E-state index in [1.54, 1.807) is 0 Å². The third kappa shape index (κ3) is 2.62. The Balaban J connectivity index is 1.53. The molecule has 7 aliphatic rings. The number of amides is 2. The molecule has 2 amide bonds. The normalized spacial score (nSPS) is 34.9. The molecule has 2 aromatic carbocycles. The van der Waals surface area contributed by atoms with Crippen molar-refractivity contribution in [3.05, 3.63) is 71.8 Å². The summed E-state index contributed by atoms with van der Waals surface area (Å²) in [6, 6.07) is 21.4. The Labute approximate surface area is 200 Å². The van der Waals surface area contributed by atoms with Crippen molar-refractivity contribution >= 4 is 12.2 Å². The number of nitrogens with zero attached hydrogens (tertiary/aromatic N) is 2. The molecule has 6 atom stereocenters. The van der Waals surface area contributed by atoms with Crippen LogP contribution < -0.4 is 0 Å². The van der Waals surface area contributed by atoms with Crippen LogP contribution in [-0.2, 0) is 20.3 Å². The average Bonchev–Trinajstić information content (AvgIpc) is 2.89. The minimum Gasteiger partial charge on any atom is -0.450 e. The summed E-state index contributed by atoms with van der Waals surface area (Å²) in [4.78, 5) is 30.3. The smallest absolute Gasteiger partial charge is 0.410 e. The molecule has 6 heteroatoms. The number of piperidine rings is 4. The maximum absolute atomic E-state index is 13.2. The van der Waals surface area contributed by atoms with Crippen LogP contribution in [0.25, 0.3) is 0 Å². The van der Waals surface area contributed by atoms with Gasteiger partial charge in [0.05, 0.1) is 13.2 Å². The Morgan fingerprint density at radius 3 is 1.47 bits per heavy atom. The second kappa shape index (κ2) is 7.76. The van der Waals surface area contributed by atoms with Crippen LogP contribution in [0.2, 0.25) is 0 Å². The molecule has 3 aliphatic carbocycles. The van der Waals surface area contributed by atoms with E-state index in [4.69, 9.17) is 9.47 Å². The first-order valence-electron chi connectivity index (χ1n) is 12.6. The monoisotopic (exact) mass is 460 g/mol. The Hall–Kier alpha value is -3.02.